The van der Waals surface area contributed by atoms with E-state index in [1.807, 2.05) is 13.0 Å². The zero-order valence-electron chi connectivity index (χ0n) is 10.9. The quantitative estimate of drug-likeness (QED) is 0.919. The molecule has 0 amide bonds. The molecule has 0 bridgehead atoms. The summed E-state index contributed by atoms with van der Waals surface area (Å²) >= 11 is 0. The van der Waals surface area contributed by atoms with Crippen LogP contribution in [0.3, 0.4) is 0 Å². The minimum atomic E-state index is -0.240. The topological polar surface area (TPSA) is 51.8 Å². The molecule has 1 fully saturated rings. The molecule has 0 spiro atoms. The molecule has 98 valence electrons. The van der Waals surface area contributed by atoms with Crippen molar-refractivity contribution in [1.82, 2.24) is 9.97 Å². The summed E-state index contributed by atoms with van der Waals surface area (Å²) < 4.78 is 13.0. The van der Waals surface area contributed by atoms with E-state index in [0.29, 0.717) is 6.54 Å². The van der Waals surface area contributed by atoms with Gasteiger partial charge in [-0.2, -0.15) is 0 Å². The van der Waals surface area contributed by atoms with E-state index in [4.69, 9.17) is 5.73 Å². The van der Waals surface area contributed by atoms with E-state index in [1.165, 1.54) is 12.1 Å². The number of benzene rings is 1. The molecule has 0 atom stereocenters. The first-order chi connectivity index (χ1) is 9.13. The molecule has 4 heteroatoms. The normalized spacial score (nSPS) is 16.4. The van der Waals surface area contributed by atoms with E-state index >= 15 is 0 Å². The molecule has 19 heavy (non-hydrogen) atoms. The predicted molar refractivity (Wildman–Crippen MR) is 72.1 cm³/mol. The summed E-state index contributed by atoms with van der Waals surface area (Å²) in [6, 6.07) is 8.29. The number of nitrogens with zero attached hydrogens (tertiary/aromatic N) is 2. The first-order valence-electron chi connectivity index (χ1n) is 6.45. The van der Waals surface area contributed by atoms with Crippen LogP contribution in [0, 0.1) is 12.7 Å². The van der Waals surface area contributed by atoms with Gasteiger partial charge in [-0.3, -0.25) is 0 Å². The van der Waals surface area contributed by atoms with Gasteiger partial charge in [0.05, 0.1) is 5.69 Å². The number of hydrogen-bond acceptors (Lipinski definition) is 3. The van der Waals surface area contributed by atoms with Crippen LogP contribution < -0.4 is 5.73 Å². The second kappa shape index (κ2) is 4.38. The third-order valence-electron chi connectivity index (χ3n) is 3.71. The molecule has 0 radical (unpaired) electrons. The molecule has 3 nitrogen and oxygen atoms in total. The summed E-state index contributed by atoms with van der Waals surface area (Å²) in [5, 5.41) is 0. The second-order valence-corrected chi connectivity index (χ2v) is 5.21. The van der Waals surface area contributed by atoms with Crippen LogP contribution in [-0.2, 0) is 5.41 Å². The smallest absolute Gasteiger partial charge is 0.136 e. The van der Waals surface area contributed by atoms with Crippen LogP contribution in [0.1, 0.15) is 24.4 Å². The van der Waals surface area contributed by atoms with Crippen molar-refractivity contribution >= 4 is 0 Å². The summed E-state index contributed by atoms with van der Waals surface area (Å²) in [6.45, 7) is 2.53. The molecular formula is C15H16FN3. The summed E-state index contributed by atoms with van der Waals surface area (Å²) in [5.74, 6) is 0.588. The zero-order valence-corrected chi connectivity index (χ0v) is 10.9. The van der Waals surface area contributed by atoms with Crippen LogP contribution in [0.5, 0.6) is 0 Å². The monoisotopic (exact) mass is 257 g/mol. The molecule has 2 aromatic rings. The number of aryl methyl sites for hydroxylation is 1. The van der Waals surface area contributed by atoms with Crippen LogP contribution >= 0.6 is 0 Å². The summed E-state index contributed by atoms with van der Waals surface area (Å²) in [7, 11) is 0. The van der Waals surface area contributed by atoms with E-state index in [1.54, 1.807) is 12.1 Å². The molecule has 1 aliphatic carbocycles. The van der Waals surface area contributed by atoms with Gasteiger partial charge in [-0.15, -0.1) is 0 Å². The molecule has 0 saturated heterocycles. The summed E-state index contributed by atoms with van der Waals surface area (Å²) in [6.07, 6.45) is 2.10. The molecule has 1 heterocycles. The Kier molecular flexibility index (Phi) is 2.82. The van der Waals surface area contributed by atoms with Gasteiger partial charge in [0.25, 0.3) is 0 Å². The molecule has 0 unspecified atom stereocenters. The van der Waals surface area contributed by atoms with Crippen molar-refractivity contribution in [3.8, 4) is 11.3 Å². The first kappa shape index (κ1) is 12.2. The Hall–Kier alpha value is -1.81. The Balaban J connectivity index is 2.05. The molecule has 2 N–H and O–H groups in total. The van der Waals surface area contributed by atoms with Gasteiger partial charge in [0, 0.05) is 23.2 Å². The Morgan fingerprint density at radius 3 is 2.47 bits per heavy atom. The third-order valence-corrected chi connectivity index (χ3v) is 3.71. The Morgan fingerprint density at radius 2 is 1.89 bits per heavy atom. The van der Waals surface area contributed by atoms with Crippen LogP contribution in [0.4, 0.5) is 4.39 Å². The van der Waals surface area contributed by atoms with Crippen LogP contribution in [0.15, 0.2) is 30.3 Å². The van der Waals surface area contributed by atoms with E-state index in [2.05, 4.69) is 9.97 Å². The minimum Gasteiger partial charge on any atom is -0.329 e. The van der Waals surface area contributed by atoms with Crippen molar-refractivity contribution in [2.75, 3.05) is 6.54 Å². The lowest BCUT2D eigenvalue weighted by molar-refractivity contribution is 0.628. The second-order valence-electron chi connectivity index (χ2n) is 5.21. The van der Waals surface area contributed by atoms with Gasteiger partial charge in [0.2, 0.25) is 0 Å². The fraction of sp³-hybridized carbons (Fsp3) is 0.333. The van der Waals surface area contributed by atoms with E-state index in [0.717, 1.165) is 35.6 Å². The number of nitrogens with two attached hydrogens (primary N) is 1. The fourth-order valence-electron chi connectivity index (χ4n) is 2.24. The summed E-state index contributed by atoms with van der Waals surface area (Å²) in [4.78, 5) is 9.14. The Labute approximate surface area is 111 Å². The minimum absolute atomic E-state index is 0.0270. The van der Waals surface area contributed by atoms with Crippen LogP contribution in [-0.4, -0.2) is 16.5 Å². The molecule has 0 aliphatic heterocycles. The van der Waals surface area contributed by atoms with Gasteiger partial charge in [-0.05, 0) is 50.1 Å². The molecular weight excluding hydrogens is 241 g/mol. The number of halogens is 1. The highest BCUT2D eigenvalue weighted by Gasteiger charge is 2.46. The molecule has 1 aromatic heterocycles. The molecule has 3 rings (SSSR count). The fourth-order valence-corrected chi connectivity index (χ4v) is 2.24. The highest BCUT2D eigenvalue weighted by Crippen LogP contribution is 2.45. The van der Waals surface area contributed by atoms with Gasteiger partial charge in [-0.1, -0.05) is 0 Å². The lowest BCUT2D eigenvalue weighted by Gasteiger charge is -2.13. The van der Waals surface area contributed by atoms with E-state index < -0.39 is 0 Å². The summed E-state index contributed by atoms with van der Waals surface area (Å²) in [5.41, 5.74) is 8.46. The highest BCUT2D eigenvalue weighted by atomic mass is 19.1. The Morgan fingerprint density at radius 1 is 1.21 bits per heavy atom. The SMILES string of the molecule is Cc1cc(-c2ccc(F)cc2)nc(C2(CN)CC2)n1. The first-order valence-corrected chi connectivity index (χ1v) is 6.45. The maximum absolute atomic E-state index is 13.0. The maximum atomic E-state index is 13.0. The number of rotatable bonds is 3. The average molecular weight is 257 g/mol. The Bertz CT molecular complexity index is 603. The zero-order chi connectivity index (χ0) is 13.5. The lowest BCUT2D eigenvalue weighted by atomic mass is 10.1. The van der Waals surface area contributed by atoms with Crippen molar-refractivity contribution in [3.05, 3.63) is 47.7 Å². The maximum Gasteiger partial charge on any atom is 0.136 e. The van der Waals surface area contributed by atoms with Gasteiger partial charge in [0.1, 0.15) is 11.6 Å². The lowest BCUT2D eigenvalue weighted by Crippen LogP contribution is -2.23. The molecule has 1 aliphatic rings. The largest absolute Gasteiger partial charge is 0.329 e. The number of hydrogen-bond donors (Lipinski definition) is 1. The highest BCUT2D eigenvalue weighted by molar-refractivity contribution is 5.59. The predicted octanol–water partition coefficient (Wildman–Crippen LogP) is 2.58. The van der Waals surface area contributed by atoms with E-state index in [-0.39, 0.29) is 11.2 Å². The molecule has 1 aromatic carbocycles. The van der Waals surface area contributed by atoms with Gasteiger partial charge in [-0.25, -0.2) is 14.4 Å². The standard InChI is InChI=1S/C15H16FN3/c1-10-8-13(11-2-4-12(16)5-3-11)19-14(18-10)15(9-17)6-7-15/h2-5,8H,6-7,9,17H2,1H3. The number of aromatic nitrogens is 2. The van der Waals surface area contributed by atoms with Crippen molar-refractivity contribution < 1.29 is 4.39 Å². The van der Waals surface area contributed by atoms with Gasteiger partial charge >= 0.3 is 0 Å². The van der Waals surface area contributed by atoms with E-state index in [9.17, 15) is 4.39 Å². The van der Waals surface area contributed by atoms with Gasteiger partial charge < -0.3 is 5.73 Å². The van der Waals surface area contributed by atoms with Crippen molar-refractivity contribution in [2.24, 2.45) is 5.73 Å². The van der Waals surface area contributed by atoms with Crippen LogP contribution in [0.25, 0.3) is 11.3 Å². The van der Waals surface area contributed by atoms with Crippen molar-refractivity contribution in [1.29, 1.82) is 0 Å². The van der Waals surface area contributed by atoms with Gasteiger partial charge in [0.15, 0.2) is 0 Å². The van der Waals surface area contributed by atoms with Crippen molar-refractivity contribution in [2.45, 2.75) is 25.2 Å². The van der Waals surface area contributed by atoms with Crippen molar-refractivity contribution in [3.63, 3.8) is 0 Å². The van der Waals surface area contributed by atoms with Crippen LogP contribution in [0.2, 0.25) is 0 Å². The molecule has 1 saturated carbocycles. The third kappa shape index (κ3) is 2.24. The average Bonchev–Trinajstić information content (AvgIpc) is 3.20.